The molecule has 210 valence electrons. The lowest BCUT2D eigenvalue weighted by Gasteiger charge is -2.38. The number of carbonyl (C=O) groups excluding carboxylic acids is 2. The van der Waals surface area contributed by atoms with Crippen molar-refractivity contribution in [3.05, 3.63) is 103 Å². The molecule has 0 saturated carbocycles. The lowest BCUT2D eigenvalue weighted by molar-refractivity contribution is -0.129. The number of para-hydroxylation sites is 2. The Morgan fingerprint density at radius 2 is 1.59 bits per heavy atom. The first kappa shape index (κ1) is 27.0. The number of amides is 2. The Bertz CT molecular complexity index is 1690. The molecule has 1 saturated heterocycles. The fourth-order valence-corrected chi connectivity index (χ4v) is 7.10. The second kappa shape index (κ2) is 11.3. The Labute approximate surface area is 239 Å². The molecule has 4 aromatic rings. The summed E-state index contributed by atoms with van der Waals surface area (Å²) in [5, 5.41) is 4.72. The van der Waals surface area contributed by atoms with Gasteiger partial charge in [0, 0.05) is 19.6 Å². The largest absolute Gasteiger partial charge is 0.477 e. The standard InChI is InChI=1S/C32H31N3O5S/c36-31(33-20-23-9-2-1-3-10-23)30-22-35(28-14-6-7-15-29(28)40-30)32(37)26-13-8-18-34(21-26)41(38,39)27-17-16-24-11-4-5-12-25(24)19-27/h1-7,9-12,14-17,19,26,30H,8,13,18,20-22H2,(H,33,36)/t26-,30+/m0/s1. The minimum atomic E-state index is -3.80. The van der Waals surface area contributed by atoms with Gasteiger partial charge in [-0.2, -0.15) is 4.31 Å². The van der Waals surface area contributed by atoms with E-state index < -0.39 is 22.0 Å². The van der Waals surface area contributed by atoms with Gasteiger partial charge in [0.05, 0.1) is 23.0 Å². The quantitative estimate of drug-likeness (QED) is 0.373. The summed E-state index contributed by atoms with van der Waals surface area (Å²) in [5.41, 5.74) is 1.54. The van der Waals surface area contributed by atoms with Crippen LogP contribution in [-0.4, -0.2) is 50.3 Å². The van der Waals surface area contributed by atoms with Gasteiger partial charge in [0.2, 0.25) is 15.9 Å². The van der Waals surface area contributed by atoms with Crippen LogP contribution in [0.15, 0.2) is 102 Å². The van der Waals surface area contributed by atoms with Crippen LogP contribution >= 0.6 is 0 Å². The highest BCUT2D eigenvalue weighted by molar-refractivity contribution is 7.89. The van der Waals surface area contributed by atoms with Crippen LogP contribution in [-0.2, 0) is 26.2 Å². The van der Waals surface area contributed by atoms with Crippen molar-refractivity contribution in [1.82, 2.24) is 9.62 Å². The number of anilines is 1. The van der Waals surface area contributed by atoms with E-state index in [9.17, 15) is 18.0 Å². The van der Waals surface area contributed by atoms with E-state index in [0.29, 0.717) is 37.4 Å². The molecule has 1 fully saturated rings. The first-order chi connectivity index (χ1) is 19.9. The number of fused-ring (bicyclic) bond motifs is 2. The zero-order valence-corrected chi connectivity index (χ0v) is 23.3. The van der Waals surface area contributed by atoms with E-state index in [0.717, 1.165) is 16.3 Å². The number of rotatable bonds is 6. The van der Waals surface area contributed by atoms with Gasteiger partial charge in [0.25, 0.3) is 5.91 Å². The number of carbonyl (C=O) groups is 2. The van der Waals surface area contributed by atoms with E-state index in [1.807, 2.05) is 66.7 Å². The van der Waals surface area contributed by atoms with Crippen molar-refractivity contribution in [2.75, 3.05) is 24.5 Å². The SMILES string of the molecule is O=C(NCc1ccccc1)[C@H]1CN(C(=O)[C@H]2CCCN(S(=O)(=O)c3ccc4ccccc4c3)C2)c2ccccc2O1. The normalized spacial score (nSPS) is 19.3. The number of nitrogens with one attached hydrogen (secondary N) is 1. The summed E-state index contributed by atoms with van der Waals surface area (Å²) >= 11 is 0. The lowest BCUT2D eigenvalue weighted by Crippen LogP contribution is -2.53. The van der Waals surface area contributed by atoms with Crippen LogP contribution in [0, 0.1) is 5.92 Å². The molecule has 0 bridgehead atoms. The van der Waals surface area contributed by atoms with Gasteiger partial charge in [0.15, 0.2) is 6.10 Å². The van der Waals surface area contributed by atoms with Crippen LogP contribution in [0.3, 0.4) is 0 Å². The second-order valence-electron chi connectivity index (χ2n) is 10.4. The summed E-state index contributed by atoms with van der Waals surface area (Å²) in [5.74, 6) is -0.619. The van der Waals surface area contributed by atoms with Gasteiger partial charge >= 0.3 is 0 Å². The van der Waals surface area contributed by atoms with Crippen LogP contribution in [0.1, 0.15) is 18.4 Å². The summed E-state index contributed by atoms with van der Waals surface area (Å²) < 4.78 is 34.7. The van der Waals surface area contributed by atoms with Crippen LogP contribution < -0.4 is 15.0 Å². The smallest absolute Gasteiger partial charge is 0.263 e. The molecular weight excluding hydrogens is 538 g/mol. The highest BCUT2D eigenvalue weighted by Crippen LogP contribution is 2.36. The highest BCUT2D eigenvalue weighted by atomic mass is 32.2. The molecule has 9 heteroatoms. The molecule has 8 nitrogen and oxygen atoms in total. The number of nitrogens with zero attached hydrogens (tertiary/aromatic N) is 2. The fourth-order valence-electron chi connectivity index (χ4n) is 5.54. The van der Waals surface area contributed by atoms with E-state index in [1.165, 1.54) is 4.31 Å². The fraction of sp³-hybridized carbons (Fsp3) is 0.250. The van der Waals surface area contributed by atoms with E-state index in [-0.39, 0.29) is 29.8 Å². The molecule has 0 unspecified atom stereocenters. The summed E-state index contributed by atoms with van der Waals surface area (Å²) in [7, 11) is -3.80. The van der Waals surface area contributed by atoms with E-state index in [1.54, 1.807) is 35.2 Å². The second-order valence-corrected chi connectivity index (χ2v) is 12.4. The number of ether oxygens (including phenoxy) is 1. The average molecular weight is 570 g/mol. The van der Waals surface area contributed by atoms with Crippen molar-refractivity contribution in [1.29, 1.82) is 0 Å². The maximum Gasteiger partial charge on any atom is 0.263 e. The van der Waals surface area contributed by atoms with Crippen LogP contribution in [0.4, 0.5) is 5.69 Å². The van der Waals surface area contributed by atoms with E-state index >= 15 is 0 Å². The van der Waals surface area contributed by atoms with E-state index in [4.69, 9.17) is 4.74 Å². The summed E-state index contributed by atoms with van der Waals surface area (Å²) in [4.78, 5) is 28.9. The Morgan fingerprint density at radius 3 is 2.41 bits per heavy atom. The monoisotopic (exact) mass is 569 g/mol. The minimum absolute atomic E-state index is 0.0460. The Hall–Kier alpha value is -4.21. The number of hydrogen-bond acceptors (Lipinski definition) is 5. The molecule has 1 N–H and O–H groups in total. The van der Waals surface area contributed by atoms with Crippen molar-refractivity contribution in [2.24, 2.45) is 5.92 Å². The Balaban J connectivity index is 1.20. The maximum atomic E-state index is 14.0. The van der Waals surface area contributed by atoms with Crippen molar-refractivity contribution in [2.45, 2.75) is 30.4 Å². The molecular formula is C32H31N3O5S. The van der Waals surface area contributed by atoms with Gasteiger partial charge in [0.1, 0.15) is 5.75 Å². The Kier molecular flexibility index (Phi) is 7.47. The van der Waals surface area contributed by atoms with Gasteiger partial charge < -0.3 is 15.0 Å². The number of piperidine rings is 1. The molecule has 0 aliphatic carbocycles. The molecule has 0 aromatic heterocycles. The first-order valence-electron chi connectivity index (χ1n) is 13.8. The maximum absolute atomic E-state index is 14.0. The van der Waals surface area contributed by atoms with Gasteiger partial charge in [-0.05, 0) is 53.4 Å². The molecule has 2 heterocycles. The molecule has 2 atom stereocenters. The van der Waals surface area contributed by atoms with Gasteiger partial charge in [-0.25, -0.2) is 8.42 Å². The van der Waals surface area contributed by atoms with Gasteiger partial charge in [-0.1, -0.05) is 72.8 Å². The molecule has 2 aliphatic rings. The van der Waals surface area contributed by atoms with Crippen molar-refractivity contribution < 1.29 is 22.7 Å². The van der Waals surface area contributed by atoms with Crippen molar-refractivity contribution in [3.63, 3.8) is 0 Å². The third-order valence-corrected chi connectivity index (χ3v) is 9.59. The van der Waals surface area contributed by atoms with Crippen molar-refractivity contribution >= 4 is 38.3 Å². The summed E-state index contributed by atoms with van der Waals surface area (Å²) in [6, 6.07) is 29.5. The highest BCUT2D eigenvalue weighted by Gasteiger charge is 2.39. The molecule has 0 radical (unpaired) electrons. The van der Waals surface area contributed by atoms with Crippen LogP contribution in [0.2, 0.25) is 0 Å². The third kappa shape index (κ3) is 5.55. The predicted octanol–water partition coefficient (Wildman–Crippen LogP) is 4.35. The van der Waals surface area contributed by atoms with Gasteiger partial charge in [-0.15, -0.1) is 0 Å². The predicted molar refractivity (Wildman–Crippen MR) is 157 cm³/mol. The third-order valence-electron chi connectivity index (χ3n) is 7.73. The summed E-state index contributed by atoms with van der Waals surface area (Å²) in [6.45, 7) is 0.825. The Morgan fingerprint density at radius 1 is 0.854 bits per heavy atom. The molecule has 6 rings (SSSR count). The number of sulfonamides is 1. The zero-order chi connectivity index (χ0) is 28.4. The van der Waals surface area contributed by atoms with Crippen LogP contribution in [0.25, 0.3) is 10.8 Å². The molecule has 0 spiro atoms. The molecule has 4 aromatic carbocycles. The van der Waals surface area contributed by atoms with Crippen molar-refractivity contribution in [3.8, 4) is 5.75 Å². The minimum Gasteiger partial charge on any atom is -0.477 e. The lowest BCUT2D eigenvalue weighted by atomic mass is 9.97. The molecule has 2 aliphatic heterocycles. The first-order valence-corrected chi connectivity index (χ1v) is 15.2. The number of benzene rings is 4. The van der Waals surface area contributed by atoms with E-state index in [2.05, 4.69) is 5.32 Å². The molecule has 41 heavy (non-hydrogen) atoms. The topological polar surface area (TPSA) is 96.0 Å². The van der Waals surface area contributed by atoms with Crippen LogP contribution in [0.5, 0.6) is 5.75 Å². The zero-order valence-electron chi connectivity index (χ0n) is 22.5. The summed E-state index contributed by atoms with van der Waals surface area (Å²) in [6.07, 6.45) is 0.238. The molecule has 2 amide bonds. The average Bonchev–Trinajstić information content (AvgIpc) is 3.03. The van der Waals surface area contributed by atoms with Gasteiger partial charge in [-0.3, -0.25) is 9.59 Å². The number of hydrogen-bond donors (Lipinski definition) is 1.